The average molecular weight is 540 g/mol. The molecule has 1 aliphatic carbocycles. The van der Waals surface area contributed by atoms with Gasteiger partial charge in [-0.2, -0.15) is 0 Å². The van der Waals surface area contributed by atoms with Gasteiger partial charge >= 0.3 is 5.97 Å². The third-order valence-corrected chi connectivity index (χ3v) is 7.11. The van der Waals surface area contributed by atoms with Crippen molar-refractivity contribution >= 4 is 33.4 Å². The van der Waals surface area contributed by atoms with E-state index >= 15 is 0 Å². The molecule has 7 heteroatoms. The molecule has 2 aromatic rings. The number of carbonyl (C=O) groups excluding carboxylic acids is 2. The SMILES string of the molecule is CCOc1cc([C@@H]2C(C(=O)OCc3ccccc3)=C(C)N=C3CC(C)(C)CC(=O)C32)cc(Br)c1O. The van der Waals surface area contributed by atoms with Crippen molar-refractivity contribution in [2.45, 2.75) is 53.1 Å². The summed E-state index contributed by atoms with van der Waals surface area (Å²) in [5.74, 6) is -1.35. The average Bonchev–Trinajstić information content (AvgIpc) is 2.79. The Morgan fingerprint density at radius 1 is 1.17 bits per heavy atom. The molecule has 184 valence electrons. The van der Waals surface area contributed by atoms with Crippen molar-refractivity contribution in [2.75, 3.05) is 6.61 Å². The minimum absolute atomic E-state index is 0.0229. The number of phenolic OH excluding ortho intramolecular Hbond substituents is 1. The number of ketones is 1. The molecule has 1 saturated carbocycles. The number of rotatable bonds is 6. The van der Waals surface area contributed by atoms with Crippen LogP contribution < -0.4 is 4.74 Å². The Labute approximate surface area is 214 Å². The molecule has 2 atom stereocenters. The number of fused-ring (bicyclic) bond motifs is 1. The summed E-state index contributed by atoms with van der Waals surface area (Å²) >= 11 is 3.41. The molecule has 6 nitrogen and oxygen atoms in total. The van der Waals surface area contributed by atoms with Gasteiger partial charge in [0.15, 0.2) is 11.5 Å². The van der Waals surface area contributed by atoms with Crippen molar-refractivity contribution in [1.29, 1.82) is 0 Å². The molecule has 35 heavy (non-hydrogen) atoms. The number of benzene rings is 2. The third-order valence-electron chi connectivity index (χ3n) is 6.51. The third kappa shape index (κ3) is 5.20. The first-order valence-corrected chi connectivity index (χ1v) is 12.6. The van der Waals surface area contributed by atoms with E-state index < -0.39 is 17.8 Å². The van der Waals surface area contributed by atoms with E-state index in [1.165, 1.54) is 0 Å². The fourth-order valence-corrected chi connectivity index (χ4v) is 5.52. The minimum atomic E-state index is -0.592. The summed E-state index contributed by atoms with van der Waals surface area (Å²) in [6.45, 7) is 8.22. The first kappa shape index (κ1) is 25.2. The molecule has 0 aromatic heterocycles. The van der Waals surface area contributed by atoms with E-state index in [2.05, 4.69) is 29.8 Å². The summed E-state index contributed by atoms with van der Waals surface area (Å²) in [6.07, 6.45) is 1.07. The molecule has 4 rings (SSSR count). The van der Waals surface area contributed by atoms with E-state index in [4.69, 9.17) is 14.5 Å². The van der Waals surface area contributed by atoms with Gasteiger partial charge in [-0.05, 0) is 64.9 Å². The monoisotopic (exact) mass is 539 g/mol. The van der Waals surface area contributed by atoms with Gasteiger partial charge in [-0.15, -0.1) is 0 Å². The Morgan fingerprint density at radius 2 is 1.89 bits per heavy atom. The number of aromatic hydroxyl groups is 1. The Kier molecular flexibility index (Phi) is 7.17. The number of phenols is 1. The van der Waals surface area contributed by atoms with Gasteiger partial charge in [0.2, 0.25) is 0 Å². The highest BCUT2D eigenvalue weighted by Crippen LogP contribution is 2.49. The quantitative estimate of drug-likeness (QED) is 0.447. The summed E-state index contributed by atoms with van der Waals surface area (Å²) in [5.41, 5.74) is 3.06. The first-order valence-electron chi connectivity index (χ1n) is 11.8. The van der Waals surface area contributed by atoms with E-state index in [-0.39, 0.29) is 23.6 Å². The number of ether oxygens (including phenoxy) is 2. The van der Waals surface area contributed by atoms with Crippen LogP contribution in [0.4, 0.5) is 0 Å². The second-order valence-corrected chi connectivity index (χ2v) is 10.7. The number of aliphatic imine (C=N–C) groups is 1. The fraction of sp³-hybridized carbons (Fsp3) is 0.393. The summed E-state index contributed by atoms with van der Waals surface area (Å²) < 4.78 is 11.8. The summed E-state index contributed by atoms with van der Waals surface area (Å²) in [6, 6.07) is 12.9. The molecule has 1 aliphatic heterocycles. The first-order chi connectivity index (χ1) is 16.6. The molecule has 0 spiro atoms. The summed E-state index contributed by atoms with van der Waals surface area (Å²) in [5, 5.41) is 10.5. The molecule has 0 radical (unpaired) electrons. The molecule has 1 fully saturated rings. The van der Waals surface area contributed by atoms with Crippen molar-refractivity contribution in [3.05, 3.63) is 69.3 Å². The number of hydrogen-bond donors (Lipinski definition) is 1. The smallest absolute Gasteiger partial charge is 0.336 e. The Morgan fingerprint density at radius 3 is 2.57 bits per heavy atom. The molecular formula is C28H30BrNO5. The van der Waals surface area contributed by atoms with E-state index in [1.54, 1.807) is 19.1 Å². The number of carbonyl (C=O) groups is 2. The lowest BCUT2D eigenvalue weighted by molar-refractivity contribution is -0.140. The maximum absolute atomic E-state index is 13.5. The van der Waals surface area contributed by atoms with Crippen LogP contribution in [0, 0.1) is 11.3 Å². The van der Waals surface area contributed by atoms with Crippen molar-refractivity contribution < 1.29 is 24.2 Å². The fourth-order valence-electron chi connectivity index (χ4n) is 5.06. The van der Waals surface area contributed by atoms with Crippen LogP contribution >= 0.6 is 15.9 Å². The van der Waals surface area contributed by atoms with Gasteiger partial charge < -0.3 is 14.6 Å². The van der Waals surface area contributed by atoms with E-state index in [0.717, 1.165) is 11.3 Å². The molecule has 2 aromatic carbocycles. The highest BCUT2D eigenvalue weighted by molar-refractivity contribution is 9.10. The van der Waals surface area contributed by atoms with Crippen molar-refractivity contribution in [2.24, 2.45) is 16.3 Å². The van der Waals surface area contributed by atoms with Crippen molar-refractivity contribution in [1.82, 2.24) is 0 Å². The van der Waals surface area contributed by atoms with Crippen LogP contribution in [0.5, 0.6) is 11.5 Å². The molecule has 0 saturated heterocycles. The van der Waals surface area contributed by atoms with E-state index in [1.807, 2.05) is 37.3 Å². The van der Waals surface area contributed by atoms with Gasteiger partial charge in [-0.1, -0.05) is 44.2 Å². The van der Waals surface area contributed by atoms with Crippen molar-refractivity contribution in [3.8, 4) is 11.5 Å². The molecule has 0 bridgehead atoms. The molecule has 0 amide bonds. The predicted molar refractivity (Wildman–Crippen MR) is 138 cm³/mol. The highest BCUT2D eigenvalue weighted by atomic mass is 79.9. The number of allylic oxidation sites excluding steroid dienone is 1. The van der Waals surface area contributed by atoms with Gasteiger partial charge in [0.1, 0.15) is 12.4 Å². The largest absolute Gasteiger partial charge is 0.503 e. The van der Waals surface area contributed by atoms with E-state index in [0.29, 0.717) is 46.5 Å². The molecule has 1 unspecified atom stereocenters. The van der Waals surface area contributed by atoms with Gasteiger partial charge in [-0.25, -0.2) is 4.79 Å². The van der Waals surface area contributed by atoms with Crippen LogP contribution in [-0.2, 0) is 20.9 Å². The standard InChI is InChI=1S/C28H30BrNO5/c1-5-34-22-12-18(11-19(29)26(22)32)24-23(27(33)35-15-17-9-7-6-8-10-17)16(2)30-20-13-28(3,4)14-21(31)25(20)24/h6-12,24-25,32H,5,13-15H2,1-4H3/t24-,25?/m1/s1. The van der Waals surface area contributed by atoms with Crippen molar-refractivity contribution in [3.63, 3.8) is 0 Å². The number of esters is 1. The van der Waals surface area contributed by atoms with Crippen LogP contribution in [0.15, 0.2) is 63.2 Å². The molecule has 2 aliphatic rings. The highest BCUT2D eigenvalue weighted by Gasteiger charge is 2.48. The van der Waals surface area contributed by atoms with E-state index in [9.17, 15) is 14.7 Å². The molecular weight excluding hydrogens is 510 g/mol. The lowest BCUT2D eigenvalue weighted by Gasteiger charge is -2.41. The maximum Gasteiger partial charge on any atom is 0.336 e. The number of hydrogen-bond acceptors (Lipinski definition) is 6. The van der Waals surface area contributed by atoms with Gasteiger partial charge in [-0.3, -0.25) is 9.79 Å². The summed E-state index contributed by atoms with van der Waals surface area (Å²) in [7, 11) is 0. The Balaban J connectivity index is 1.81. The Hall–Kier alpha value is -2.93. The number of Topliss-reactive ketones (excluding diaryl/α,β-unsaturated/α-hetero) is 1. The van der Waals surface area contributed by atoms with Crippen LogP contribution in [0.2, 0.25) is 0 Å². The topological polar surface area (TPSA) is 85.2 Å². The number of nitrogens with zero attached hydrogens (tertiary/aromatic N) is 1. The molecule has 1 heterocycles. The second kappa shape index (κ2) is 9.97. The van der Waals surface area contributed by atoms with Gasteiger partial charge in [0.25, 0.3) is 0 Å². The zero-order valence-electron chi connectivity index (χ0n) is 20.4. The van der Waals surface area contributed by atoms with Crippen LogP contribution in [0.3, 0.4) is 0 Å². The Bertz CT molecular complexity index is 1220. The van der Waals surface area contributed by atoms with Gasteiger partial charge in [0.05, 0.1) is 22.6 Å². The lowest BCUT2D eigenvalue weighted by atomic mass is 9.63. The lowest BCUT2D eigenvalue weighted by Crippen LogP contribution is -2.44. The maximum atomic E-state index is 13.5. The summed E-state index contributed by atoms with van der Waals surface area (Å²) in [4.78, 5) is 31.7. The van der Waals surface area contributed by atoms with Crippen LogP contribution in [0.1, 0.15) is 57.6 Å². The normalized spacial score (nSPS) is 21.3. The van der Waals surface area contributed by atoms with Crippen LogP contribution in [0.25, 0.3) is 0 Å². The van der Waals surface area contributed by atoms with Gasteiger partial charge in [0, 0.05) is 23.7 Å². The zero-order valence-corrected chi connectivity index (χ0v) is 22.0. The predicted octanol–water partition coefficient (Wildman–Crippen LogP) is 6.11. The molecule has 1 N–H and O–H groups in total. The second-order valence-electron chi connectivity index (χ2n) is 9.89. The van der Waals surface area contributed by atoms with Crippen LogP contribution in [-0.4, -0.2) is 29.2 Å². The minimum Gasteiger partial charge on any atom is -0.503 e. The zero-order chi connectivity index (χ0) is 25.3. The number of halogens is 1.